The summed E-state index contributed by atoms with van der Waals surface area (Å²) in [5, 5.41) is 3.10. The van der Waals surface area contributed by atoms with Gasteiger partial charge in [-0.3, -0.25) is 14.6 Å². The molecule has 3 heterocycles. The molecular weight excluding hydrogens is 372 g/mol. The number of hydrogen-bond donors (Lipinski definition) is 1. The molecule has 2 aliphatic rings. The zero-order chi connectivity index (χ0) is 20.6. The van der Waals surface area contributed by atoms with Crippen molar-refractivity contribution in [1.29, 1.82) is 0 Å². The van der Waals surface area contributed by atoms with Crippen LogP contribution >= 0.6 is 0 Å². The molecule has 0 aromatic carbocycles. The summed E-state index contributed by atoms with van der Waals surface area (Å²) in [6.07, 6.45) is 8.39. The van der Waals surface area contributed by atoms with Crippen molar-refractivity contribution in [1.82, 2.24) is 29.7 Å². The summed E-state index contributed by atoms with van der Waals surface area (Å²) in [7, 11) is 3.44. The van der Waals surface area contributed by atoms with Crippen LogP contribution in [0.5, 0.6) is 5.88 Å². The Labute approximate surface area is 169 Å². The first-order valence-corrected chi connectivity index (χ1v) is 9.81. The molecule has 2 atom stereocenters. The van der Waals surface area contributed by atoms with Crippen molar-refractivity contribution in [3.63, 3.8) is 0 Å². The fraction of sp³-hybridized carbons (Fsp3) is 0.550. The molecule has 29 heavy (non-hydrogen) atoms. The summed E-state index contributed by atoms with van der Waals surface area (Å²) in [4.78, 5) is 39.7. The van der Waals surface area contributed by atoms with Gasteiger partial charge in [0.1, 0.15) is 0 Å². The van der Waals surface area contributed by atoms with Crippen LogP contribution in [0.3, 0.4) is 0 Å². The SMILES string of the molecule is COc1cncc(C(=O)N2C[C@@H](CNC(=O)C3(C)CC3)[C@H](c3cncn3C)C2)n1. The van der Waals surface area contributed by atoms with E-state index in [1.165, 1.54) is 19.5 Å². The molecule has 1 saturated carbocycles. The number of aryl methyl sites for hydroxylation is 1. The number of carbonyl (C=O) groups excluding carboxylic acids is 2. The highest BCUT2D eigenvalue weighted by Crippen LogP contribution is 2.45. The van der Waals surface area contributed by atoms with Crippen molar-refractivity contribution in [3.05, 3.63) is 36.3 Å². The predicted octanol–water partition coefficient (Wildman–Crippen LogP) is 0.991. The van der Waals surface area contributed by atoms with Crippen LogP contribution in [-0.2, 0) is 11.8 Å². The van der Waals surface area contributed by atoms with Gasteiger partial charge in [0, 0.05) is 55.8 Å². The normalized spacial score (nSPS) is 22.4. The Balaban J connectivity index is 1.52. The number of likely N-dealkylation sites (tertiary alicyclic amines) is 1. The number of nitrogens with one attached hydrogen (secondary N) is 1. The molecule has 2 aromatic heterocycles. The van der Waals surface area contributed by atoms with Gasteiger partial charge in [0.25, 0.3) is 5.91 Å². The Kier molecular flexibility index (Phi) is 4.97. The van der Waals surface area contributed by atoms with Crippen LogP contribution in [0.1, 0.15) is 41.9 Å². The molecule has 0 bridgehead atoms. The minimum atomic E-state index is -0.216. The number of methoxy groups -OCH3 is 1. The maximum atomic E-state index is 13.0. The standard InChI is InChI=1S/C20H26N6O3/c1-20(4-5-20)19(28)23-6-13-10-26(11-14(13)16-8-22-12-25(16)2)18(27)15-7-21-9-17(24-15)29-3/h7-9,12-14H,4-6,10-11H2,1-3H3,(H,23,28)/t13-,14-/m1/s1. The van der Waals surface area contributed by atoms with E-state index in [2.05, 4.69) is 20.3 Å². The number of hydrogen-bond acceptors (Lipinski definition) is 6. The summed E-state index contributed by atoms with van der Waals surface area (Å²) < 4.78 is 7.06. The van der Waals surface area contributed by atoms with Crippen LogP contribution in [0.15, 0.2) is 24.9 Å². The Morgan fingerprint density at radius 3 is 2.69 bits per heavy atom. The molecule has 4 rings (SSSR count). The number of imidazole rings is 1. The van der Waals surface area contributed by atoms with Gasteiger partial charge >= 0.3 is 0 Å². The molecule has 0 spiro atoms. The molecule has 9 heteroatoms. The number of carbonyl (C=O) groups is 2. The van der Waals surface area contributed by atoms with Gasteiger partial charge in [-0.1, -0.05) is 6.92 Å². The van der Waals surface area contributed by atoms with Crippen LogP contribution in [0.25, 0.3) is 0 Å². The molecular formula is C20H26N6O3. The first kappa shape index (κ1) is 19.4. The maximum absolute atomic E-state index is 13.0. The third-order valence-corrected chi connectivity index (χ3v) is 6.08. The second-order valence-corrected chi connectivity index (χ2v) is 8.22. The van der Waals surface area contributed by atoms with Crippen LogP contribution in [0.4, 0.5) is 0 Å². The van der Waals surface area contributed by atoms with Gasteiger partial charge < -0.3 is 19.5 Å². The van der Waals surface area contributed by atoms with Crippen LogP contribution < -0.4 is 10.1 Å². The lowest BCUT2D eigenvalue weighted by Gasteiger charge is -2.20. The minimum Gasteiger partial charge on any atom is -0.480 e. The third-order valence-electron chi connectivity index (χ3n) is 6.08. The smallest absolute Gasteiger partial charge is 0.274 e. The second-order valence-electron chi connectivity index (χ2n) is 8.22. The van der Waals surface area contributed by atoms with E-state index in [1.807, 2.05) is 24.7 Å². The zero-order valence-electron chi connectivity index (χ0n) is 17.0. The number of ether oxygens (including phenoxy) is 1. The van der Waals surface area contributed by atoms with Gasteiger partial charge in [0.2, 0.25) is 11.8 Å². The monoisotopic (exact) mass is 398 g/mol. The van der Waals surface area contributed by atoms with Crippen molar-refractivity contribution < 1.29 is 14.3 Å². The van der Waals surface area contributed by atoms with Gasteiger partial charge in [-0.2, -0.15) is 0 Å². The van der Waals surface area contributed by atoms with Crippen molar-refractivity contribution >= 4 is 11.8 Å². The van der Waals surface area contributed by atoms with Gasteiger partial charge in [-0.25, -0.2) is 9.97 Å². The quantitative estimate of drug-likeness (QED) is 0.779. The van der Waals surface area contributed by atoms with E-state index in [0.717, 1.165) is 18.5 Å². The summed E-state index contributed by atoms with van der Waals surface area (Å²) in [6, 6.07) is 0. The molecule has 9 nitrogen and oxygen atoms in total. The average Bonchev–Trinajstić information content (AvgIpc) is 3.14. The van der Waals surface area contributed by atoms with Gasteiger partial charge in [-0.15, -0.1) is 0 Å². The number of rotatable bonds is 6. The lowest BCUT2D eigenvalue weighted by molar-refractivity contribution is -0.125. The van der Waals surface area contributed by atoms with Crippen molar-refractivity contribution in [2.75, 3.05) is 26.7 Å². The number of amides is 2. The van der Waals surface area contributed by atoms with E-state index >= 15 is 0 Å². The fourth-order valence-electron chi connectivity index (χ4n) is 3.87. The minimum absolute atomic E-state index is 0.0809. The largest absolute Gasteiger partial charge is 0.480 e. The van der Waals surface area contributed by atoms with Gasteiger partial charge in [-0.05, 0) is 12.8 Å². The topological polar surface area (TPSA) is 102 Å². The summed E-state index contributed by atoms with van der Waals surface area (Å²) in [5.74, 6) is 0.396. The molecule has 2 amide bonds. The molecule has 0 unspecified atom stereocenters. The van der Waals surface area contributed by atoms with Crippen LogP contribution in [0, 0.1) is 11.3 Å². The number of aromatic nitrogens is 4. The van der Waals surface area contributed by atoms with E-state index in [4.69, 9.17) is 4.74 Å². The summed E-state index contributed by atoms with van der Waals surface area (Å²) >= 11 is 0. The van der Waals surface area contributed by atoms with Crippen LogP contribution in [0.2, 0.25) is 0 Å². The van der Waals surface area contributed by atoms with E-state index < -0.39 is 0 Å². The highest BCUT2D eigenvalue weighted by molar-refractivity contribution is 5.92. The highest BCUT2D eigenvalue weighted by Gasteiger charge is 2.45. The van der Waals surface area contributed by atoms with Gasteiger partial charge in [0.05, 0.1) is 25.8 Å². The Hall–Kier alpha value is -2.97. The molecule has 2 aromatic rings. The molecule has 0 radical (unpaired) electrons. The second kappa shape index (κ2) is 7.46. The molecule has 1 saturated heterocycles. The first-order valence-electron chi connectivity index (χ1n) is 9.81. The predicted molar refractivity (Wildman–Crippen MR) is 104 cm³/mol. The fourth-order valence-corrected chi connectivity index (χ4v) is 3.87. The average molecular weight is 398 g/mol. The summed E-state index contributed by atoms with van der Waals surface area (Å²) in [6.45, 7) is 3.59. The van der Waals surface area contributed by atoms with Crippen molar-refractivity contribution in [2.45, 2.75) is 25.7 Å². The lowest BCUT2D eigenvalue weighted by Crippen LogP contribution is -2.37. The molecule has 1 N–H and O–H groups in total. The Morgan fingerprint density at radius 2 is 2.03 bits per heavy atom. The molecule has 1 aliphatic carbocycles. The van der Waals surface area contributed by atoms with Crippen LogP contribution in [-0.4, -0.2) is 63.0 Å². The maximum Gasteiger partial charge on any atom is 0.274 e. The molecule has 154 valence electrons. The van der Waals surface area contributed by atoms with E-state index in [1.54, 1.807) is 11.2 Å². The zero-order valence-corrected chi connectivity index (χ0v) is 17.0. The van der Waals surface area contributed by atoms with E-state index in [-0.39, 0.29) is 34.8 Å². The molecule has 1 aliphatic heterocycles. The highest BCUT2D eigenvalue weighted by atomic mass is 16.5. The van der Waals surface area contributed by atoms with Crippen molar-refractivity contribution in [2.24, 2.45) is 18.4 Å². The molecule has 2 fully saturated rings. The Bertz CT molecular complexity index is 922. The van der Waals surface area contributed by atoms with Crippen molar-refractivity contribution in [3.8, 4) is 5.88 Å². The number of nitrogens with zero attached hydrogens (tertiary/aromatic N) is 5. The first-order chi connectivity index (χ1) is 13.9. The van der Waals surface area contributed by atoms with Gasteiger partial charge in [0.15, 0.2) is 5.69 Å². The summed E-state index contributed by atoms with van der Waals surface area (Å²) in [5.41, 5.74) is 1.09. The lowest BCUT2D eigenvalue weighted by atomic mass is 9.92. The third kappa shape index (κ3) is 3.81. The Morgan fingerprint density at radius 1 is 1.24 bits per heavy atom. The van der Waals surface area contributed by atoms with E-state index in [9.17, 15) is 9.59 Å². The van der Waals surface area contributed by atoms with E-state index in [0.29, 0.717) is 25.5 Å².